The zero-order valence-corrected chi connectivity index (χ0v) is 12.6. The molecule has 0 spiro atoms. The lowest BCUT2D eigenvalue weighted by atomic mass is 10.2. The molecule has 22 heavy (non-hydrogen) atoms. The monoisotopic (exact) mass is 328 g/mol. The maximum absolute atomic E-state index is 12.5. The molecule has 0 bridgehead atoms. The van der Waals surface area contributed by atoms with Crippen molar-refractivity contribution < 1.29 is 9.59 Å². The number of anilines is 1. The number of amides is 2. The summed E-state index contributed by atoms with van der Waals surface area (Å²) >= 11 is 2.06. The molecule has 0 saturated carbocycles. The second-order valence-corrected chi connectivity index (χ2v) is 6.43. The Morgan fingerprint density at radius 1 is 1.23 bits per heavy atom. The lowest BCUT2D eigenvalue weighted by Gasteiger charge is -2.14. The molecule has 2 aliphatic rings. The molecular weight excluding hydrogens is 320 g/mol. The molecule has 0 unspecified atom stereocenters. The number of rotatable bonds is 1. The number of carbonyl (C=O) groups excluding carboxylic acids is 2. The summed E-state index contributed by atoms with van der Waals surface area (Å²) in [6.07, 6.45) is 0. The number of nitriles is 1. The first kappa shape index (κ1) is 14.4. The normalized spacial score (nSPS) is 21.5. The molecule has 0 aromatic heterocycles. The average Bonchev–Trinajstić information content (AvgIpc) is 2.83. The number of para-hydroxylation sites is 1. The van der Waals surface area contributed by atoms with Gasteiger partial charge in [0.2, 0.25) is 0 Å². The van der Waals surface area contributed by atoms with Crippen LogP contribution < -0.4 is 10.4 Å². The van der Waals surface area contributed by atoms with E-state index in [1.54, 1.807) is 24.3 Å². The van der Waals surface area contributed by atoms with Crippen LogP contribution in [-0.4, -0.2) is 16.9 Å². The van der Waals surface area contributed by atoms with Crippen LogP contribution in [0.3, 0.4) is 0 Å². The zero-order chi connectivity index (χ0) is 15.7. The van der Waals surface area contributed by atoms with Gasteiger partial charge in [0.15, 0.2) is 0 Å². The van der Waals surface area contributed by atoms with Crippen LogP contribution in [-0.2, 0) is 9.59 Å². The fourth-order valence-electron chi connectivity index (χ4n) is 1.88. The molecule has 2 amide bonds. The van der Waals surface area contributed by atoms with Gasteiger partial charge in [0.1, 0.15) is 16.7 Å². The fraction of sp³-hybridized carbons (Fsp3) is 0. The predicted octanol–water partition coefficient (Wildman–Crippen LogP) is 2.14. The van der Waals surface area contributed by atoms with Crippen molar-refractivity contribution in [3.05, 3.63) is 51.1 Å². The predicted molar refractivity (Wildman–Crippen MR) is 85.7 cm³/mol. The van der Waals surface area contributed by atoms with Crippen LogP contribution in [0.15, 0.2) is 51.1 Å². The molecule has 6 nitrogen and oxygen atoms in total. The molecule has 1 aromatic carbocycles. The second-order valence-electron chi connectivity index (χ2n) is 4.27. The van der Waals surface area contributed by atoms with E-state index in [2.05, 4.69) is 5.43 Å². The molecule has 3 rings (SSSR count). The molecule has 1 saturated heterocycles. The molecule has 1 aromatic rings. The van der Waals surface area contributed by atoms with Gasteiger partial charge in [-0.15, -0.1) is 0 Å². The number of nitrogens with zero attached hydrogens (tertiary/aromatic N) is 2. The fourth-order valence-corrected chi connectivity index (χ4v) is 3.92. The summed E-state index contributed by atoms with van der Waals surface area (Å²) in [5, 5.41) is 19.3. The third kappa shape index (κ3) is 2.41. The molecule has 1 fully saturated rings. The first-order valence-corrected chi connectivity index (χ1v) is 7.80. The van der Waals surface area contributed by atoms with E-state index in [0.717, 1.165) is 23.5 Å². The van der Waals surface area contributed by atoms with Crippen LogP contribution in [0.4, 0.5) is 5.69 Å². The molecule has 0 aliphatic carbocycles. The van der Waals surface area contributed by atoms with Gasteiger partial charge in [0.25, 0.3) is 11.8 Å². The van der Waals surface area contributed by atoms with Crippen LogP contribution in [0, 0.1) is 16.7 Å². The Bertz CT molecular complexity index is 793. The Morgan fingerprint density at radius 3 is 2.59 bits per heavy atom. The Kier molecular flexibility index (Phi) is 3.75. The number of benzene rings is 1. The topological polar surface area (TPSA) is 97.1 Å². The van der Waals surface area contributed by atoms with Crippen molar-refractivity contribution in [3.63, 3.8) is 0 Å². The number of nitrogens with one attached hydrogen (secondary N) is 2. The molecule has 2 heterocycles. The van der Waals surface area contributed by atoms with Gasteiger partial charge < -0.3 is 0 Å². The van der Waals surface area contributed by atoms with E-state index in [1.807, 2.05) is 12.1 Å². The van der Waals surface area contributed by atoms with Gasteiger partial charge in [-0.05, 0) is 17.5 Å². The Hall–Kier alpha value is -2.50. The van der Waals surface area contributed by atoms with Gasteiger partial charge in [-0.2, -0.15) is 5.26 Å². The highest BCUT2D eigenvalue weighted by Crippen LogP contribution is 2.41. The van der Waals surface area contributed by atoms with Crippen molar-refractivity contribution in [1.29, 1.82) is 10.7 Å². The minimum atomic E-state index is -0.509. The van der Waals surface area contributed by atoms with Crippen LogP contribution in [0.25, 0.3) is 0 Å². The van der Waals surface area contributed by atoms with Gasteiger partial charge >= 0.3 is 0 Å². The Morgan fingerprint density at radius 2 is 1.95 bits per heavy atom. The van der Waals surface area contributed by atoms with Crippen LogP contribution in [0.5, 0.6) is 0 Å². The molecule has 2 aliphatic heterocycles. The highest BCUT2D eigenvalue weighted by molar-refractivity contribution is 8.31. The molecule has 0 atom stereocenters. The third-order valence-corrected chi connectivity index (χ3v) is 5.04. The Labute approximate surface area is 134 Å². The number of hydrazine groups is 1. The van der Waals surface area contributed by atoms with E-state index >= 15 is 0 Å². The number of hydrogen-bond acceptors (Lipinski definition) is 6. The van der Waals surface area contributed by atoms with Crippen LogP contribution in [0.1, 0.15) is 0 Å². The molecule has 2 N–H and O–H groups in total. The van der Waals surface area contributed by atoms with Crippen molar-refractivity contribution in [3.8, 4) is 6.07 Å². The number of thioether (sulfide) groups is 2. The average molecular weight is 328 g/mol. The number of hydrogen-bond donors (Lipinski definition) is 2. The summed E-state index contributed by atoms with van der Waals surface area (Å²) in [5.41, 5.74) is 3.30. The summed E-state index contributed by atoms with van der Waals surface area (Å²) in [5.74, 6) is -0.974. The third-order valence-electron chi connectivity index (χ3n) is 2.92. The van der Waals surface area contributed by atoms with E-state index in [1.165, 1.54) is 10.4 Å². The van der Waals surface area contributed by atoms with E-state index < -0.39 is 11.8 Å². The molecule has 108 valence electrons. The SMILES string of the molecule is N#CC1=CS/C(=C2\C(=O)NN(c3ccccc3)C2=O)SC1=N. The van der Waals surface area contributed by atoms with Gasteiger partial charge in [-0.1, -0.05) is 41.7 Å². The van der Waals surface area contributed by atoms with Crippen LogP contribution in [0.2, 0.25) is 0 Å². The van der Waals surface area contributed by atoms with Crippen molar-refractivity contribution >= 4 is 46.1 Å². The van der Waals surface area contributed by atoms with Crippen molar-refractivity contribution in [2.75, 3.05) is 5.01 Å². The minimum Gasteiger partial charge on any atom is -0.292 e. The lowest BCUT2D eigenvalue weighted by molar-refractivity contribution is -0.117. The van der Waals surface area contributed by atoms with Gasteiger partial charge in [0.05, 0.1) is 15.5 Å². The highest BCUT2D eigenvalue weighted by atomic mass is 32.2. The van der Waals surface area contributed by atoms with E-state index in [0.29, 0.717) is 9.92 Å². The Balaban J connectivity index is 1.97. The van der Waals surface area contributed by atoms with Gasteiger partial charge in [-0.3, -0.25) is 20.4 Å². The summed E-state index contributed by atoms with van der Waals surface area (Å²) in [6.45, 7) is 0. The smallest absolute Gasteiger partial charge is 0.284 e. The summed E-state index contributed by atoms with van der Waals surface area (Å²) in [7, 11) is 0. The quantitative estimate of drug-likeness (QED) is 0.608. The van der Waals surface area contributed by atoms with Gasteiger partial charge in [-0.25, -0.2) is 5.01 Å². The largest absolute Gasteiger partial charge is 0.292 e. The lowest BCUT2D eigenvalue weighted by Crippen LogP contribution is -2.35. The van der Waals surface area contributed by atoms with E-state index in [4.69, 9.17) is 10.7 Å². The summed E-state index contributed by atoms with van der Waals surface area (Å²) in [4.78, 5) is 24.6. The van der Waals surface area contributed by atoms with Crippen molar-refractivity contribution in [2.45, 2.75) is 0 Å². The second kappa shape index (κ2) is 5.71. The molecular formula is C14H8N4O2S2. The van der Waals surface area contributed by atoms with Crippen LogP contribution >= 0.6 is 23.5 Å². The maximum atomic E-state index is 12.5. The van der Waals surface area contributed by atoms with Gasteiger partial charge in [0, 0.05) is 0 Å². The summed E-state index contributed by atoms with van der Waals surface area (Å²) < 4.78 is 0.407. The molecule has 8 heteroatoms. The van der Waals surface area contributed by atoms with E-state index in [-0.39, 0.29) is 16.2 Å². The first-order valence-electron chi connectivity index (χ1n) is 6.10. The van der Waals surface area contributed by atoms with Crippen molar-refractivity contribution in [1.82, 2.24) is 5.43 Å². The summed E-state index contributed by atoms with van der Waals surface area (Å²) in [6, 6.07) is 10.7. The van der Waals surface area contributed by atoms with Crippen molar-refractivity contribution in [2.24, 2.45) is 0 Å². The molecule has 0 radical (unpaired) electrons. The zero-order valence-electron chi connectivity index (χ0n) is 11.0. The maximum Gasteiger partial charge on any atom is 0.284 e. The standard InChI is InChI=1S/C14H8N4O2S2/c15-6-8-7-21-14(22-11(8)16)10-12(19)17-18(13(10)20)9-4-2-1-3-5-9/h1-5,7,16H,(H,17,19)/b14-10-,16-11?. The number of carbonyl (C=O) groups is 2. The minimum absolute atomic E-state index is 0.00292. The van der Waals surface area contributed by atoms with E-state index in [9.17, 15) is 9.59 Å². The first-order chi connectivity index (χ1) is 10.6. The highest BCUT2D eigenvalue weighted by Gasteiger charge is 2.38.